The highest BCUT2D eigenvalue weighted by atomic mass is 16.5. The predicted octanol–water partition coefficient (Wildman–Crippen LogP) is 1.46. The van der Waals surface area contributed by atoms with Crippen LogP contribution in [0.4, 0.5) is 0 Å². The third-order valence-electron chi connectivity index (χ3n) is 3.49. The van der Waals surface area contributed by atoms with Gasteiger partial charge in [0, 0.05) is 13.7 Å². The quantitative estimate of drug-likeness (QED) is 0.710. The Kier molecular flexibility index (Phi) is 6.28. The molecule has 5 nitrogen and oxygen atoms in total. The largest absolute Gasteiger partial charge is 0.467 e. The van der Waals surface area contributed by atoms with Gasteiger partial charge in [-0.2, -0.15) is 0 Å². The number of rotatable bonds is 5. The molecule has 0 N–H and O–H groups in total. The highest BCUT2D eigenvalue weighted by Crippen LogP contribution is 2.19. The molecule has 0 saturated carbocycles. The van der Waals surface area contributed by atoms with Crippen molar-refractivity contribution in [3.8, 4) is 0 Å². The van der Waals surface area contributed by atoms with Crippen LogP contribution in [0.1, 0.15) is 33.1 Å². The molecule has 0 aromatic carbocycles. The molecule has 0 bridgehead atoms. The lowest BCUT2D eigenvalue weighted by atomic mass is 9.97. The number of nitrogens with zero attached hydrogens (tertiary/aromatic N) is 1. The molecule has 19 heavy (non-hydrogen) atoms. The van der Waals surface area contributed by atoms with Gasteiger partial charge < -0.3 is 14.4 Å². The Bertz CT molecular complexity index is 311. The van der Waals surface area contributed by atoms with Crippen LogP contribution in [-0.4, -0.2) is 50.2 Å². The van der Waals surface area contributed by atoms with Crippen molar-refractivity contribution >= 4 is 11.9 Å². The summed E-state index contributed by atoms with van der Waals surface area (Å²) in [6.07, 6.45) is 2.35. The van der Waals surface area contributed by atoms with Gasteiger partial charge in [0.25, 0.3) is 0 Å². The first-order chi connectivity index (χ1) is 8.97. The topological polar surface area (TPSA) is 55.8 Å². The molecule has 0 aromatic rings. The van der Waals surface area contributed by atoms with Gasteiger partial charge in [-0.3, -0.25) is 4.79 Å². The van der Waals surface area contributed by atoms with E-state index < -0.39 is 6.04 Å². The Morgan fingerprint density at radius 2 is 2.11 bits per heavy atom. The van der Waals surface area contributed by atoms with Crippen molar-refractivity contribution in [2.45, 2.75) is 39.2 Å². The molecular formula is C14H25NO4. The zero-order chi connectivity index (χ0) is 14.4. The number of hydrogen-bond donors (Lipinski definition) is 0. The van der Waals surface area contributed by atoms with Crippen LogP contribution in [0.5, 0.6) is 0 Å². The number of methoxy groups -OCH3 is 1. The SMILES string of the molecule is COC(=O)[C@H](CC(C)C)N(C)C(=O)C1CCCOC1. The molecule has 1 fully saturated rings. The maximum absolute atomic E-state index is 12.4. The summed E-state index contributed by atoms with van der Waals surface area (Å²) in [6, 6.07) is -0.501. The Balaban J connectivity index is 2.70. The first kappa shape index (κ1) is 16.0. The molecule has 1 rings (SSSR count). The smallest absolute Gasteiger partial charge is 0.328 e. The lowest BCUT2D eigenvalue weighted by Crippen LogP contribution is -2.47. The van der Waals surface area contributed by atoms with Crippen molar-refractivity contribution in [1.82, 2.24) is 4.90 Å². The summed E-state index contributed by atoms with van der Waals surface area (Å²) >= 11 is 0. The van der Waals surface area contributed by atoms with E-state index in [1.807, 2.05) is 13.8 Å². The number of hydrogen-bond acceptors (Lipinski definition) is 4. The highest BCUT2D eigenvalue weighted by Gasteiger charge is 2.33. The molecule has 0 spiro atoms. The summed E-state index contributed by atoms with van der Waals surface area (Å²) in [7, 11) is 3.04. The molecule has 2 atom stereocenters. The van der Waals surface area contributed by atoms with Crippen molar-refractivity contribution in [2.24, 2.45) is 11.8 Å². The highest BCUT2D eigenvalue weighted by molar-refractivity contribution is 5.85. The minimum atomic E-state index is -0.501. The average Bonchev–Trinajstić information content (AvgIpc) is 2.43. The van der Waals surface area contributed by atoms with E-state index in [1.54, 1.807) is 7.05 Å². The summed E-state index contributed by atoms with van der Waals surface area (Å²) in [4.78, 5) is 25.7. The van der Waals surface area contributed by atoms with Crippen molar-refractivity contribution in [3.05, 3.63) is 0 Å². The summed E-state index contributed by atoms with van der Waals surface area (Å²) in [5.74, 6) is -0.169. The first-order valence-electron chi connectivity index (χ1n) is 6.89. The fourth-order valence-electron chi connectivity index (χ4n) is 2.37. The molecule has 0 aliphatic carbocycles. The van der Waals surface area contributed by atoms with Crippen LogP contribution < -0.4 is 0 Å². The molecule has 1 aliphatic rings. The maximum Gasteiger partial charge on any atom is 0.328 e. The summed E-state index contributed by atoms with van der Waals surface area (Å²) in [5.41, 5.74) is 0. The lowest BCUT2D eigenvalue weighted by molar-refractivity contribution is -0.155. The molecule has 1 amide bonds. The van der Waals surface area contributed by atoms with Crippen LogP contribution in [0.2, 0.25) is 0 Å². The zero-order valence-corrected chi connectivity index (χ0v) is 12.3. The van der Waals surface area contributed by atoms with Gasteiger partial charge in [-0.15, -0.1) is 0 Å². The molecule has 1 heterocycles. The minimum absolute atomic E-state index is 0.0178. The van der Waals surface area contributed by atoms with Gasteiger partial charge in [0.1, 0.15) is 6.04 Å². The van der Waals surface area contributed by atoms with E-state index in [-0.39, 0.29) is 17.8 Å². The Hall–Kier alpha value is -1.10. The minimum Gasteiger partial charge on any atom is -0.467 e. The van der Waals surface area contributed by atoms with Gasteiger partial charge in [0.15, 0.2) is 0 Å². The Labute approximate surface area is 115 Å². The zero-order valence-electron chi connectivity index (χ0n) is 12.3. The Morgan fingerprint density at radius 3 is 2.58 bits per heavy atom. The summed E-state index contributed by atoms with van der Waals surface area (Å²) in [6.45, 7) is 5.23. The van der Waals surface area contributed by atoms with E-state index in [1.165, 1.54) is 12.0 Å². The number of amides is 1. The van der Waals surface area contributed by atoms with Gasteiger partial charge in [-0.25, -0.2) is 4.79 Å². The van der Waals surface area contributed by atoms with Gasteiger partial charge in [-0.05, 0) is 25.2 Å². The van der Waals surface area contributed by atoms with Crippen LogP contribution >= 0.6 is 0 Å². The molecule has 1 aliphatic heterocycles. The fourth-order valence-corrected chi connectivity index (χ4v) is 2.37. The van der Waals surface area contributed by atoms with Crippen LogP contribution in [0.15, 0.2) is 0 Å². The van der Waals surface area contributed by atoms with E-state index in [2.05, 4.69) is 0 Å². The summed E-state index contributed by atoms with van der Waals surface area (Å²) < 4.78 is 10.1. The van der Waals surface area contributed by atoms with Crippen molar-refractivity contribution in [2.75, 3.05) is 27.4 Å². The van der Waals surface area contributed by atoms with Crippen LogP contribution in [0.25, 0.3) is 0 Å². The van der Waals surface area contributed by atoms with Crippen LogP contribution in [0, 0.1) is 11.8 Å². The molecule has 1 saturated heterocycles. The predicted molar refractivity (Wildman–Crippen MR) is 71.6 cm³/mol. The molecule has 5 heteroatoms. The second-order valence-corrected chi connectivity index (χ2v) is 5.53. The van der Waals surface area contributed by atoms with E-state index in [4.69, 9.17) is 9.47 Å². The van der Waals surface area contributed by atoms with E-state index in [0.717, 1.165) is 19.4 Å². The van der Waals surface area contributed by atoms with Gasteiger partial charge in [-0.1, -0.05) is 13.8 Å². The van der Waals surface area contributed by atoms with E-state index >= 15 is 0 Å². The second-order valence-electron chi connectivity index (χ2n) is 5.53. The molecule has 0 radical (unpaired) electrons. The first-order valence-corrected chi connectivity index (χ1v) is 6.89. The van der Waals surface area contributed by atoms with Crippen LogP contribution in [0.3, 0.4) is 0 Å². The van der Waals surface area contributed by atoms with E-state index in [9.17, 15) is 9.59 Å². The normalized spacial score (nSPS) is 21.0. The Morgan fingerprint density at radius 1 is 1.42 bits per heavy atom. The average molecular weight is 271 g/mol. The molecule has 0 aromatic heterocycles. The molecular weight excluding hydrogens is 246 g/mol. The third-order valence-corrected chi connectivity index (χ3v) is 3.49. The van der Waals surface area contributed by atoms with Crippen molar-refractivity contribution < 1.29 is 19.1 Å². The van der Waals surface area contributed by atoms with Crippen LogP contribution in [-0.2, 0) is 19.1 Å². The lowest BCUT2D eigenvalue weighted by Gasteiger charge is -2.31. The number of esters is 1. The second kappa shape index (κ2) is 7.48. The van der Waals surface area contributed by atoms with Crippen molar-refractivity contribution in [1.29, 1.82) is 0 Å². The number of carbonyl (C=O) groups excluding carboxylic acids is 2. The molecule has 1 unspecified atom stereocenters. The van der Waals surface area contributed by atoms with Crippen molar-refractivity contribution in [3.63, 3.8) is 0 Å². The molecule has 110 valence electrons. The number of carbonyl (C=O) groups is 2. The number of ether oxygens (including phenoxy) is 2. The van der Waals surface area contributed by atoms with Gasteiger partial charge in [0.05, 0.1) is 19.6 Å². The monoisotopic (exact) mass is 271 g/mol. The van der Waals surface area contributed by atoms with Gasteiger partial charge >= 0.3 is 5.97 Å². The van der Waals surface area contributed by atoms with E-state index in [0.29, 0.717) is 18.9 Å². The standard InChI is InChI=1S/C14H25NO4/c1-10(2)8-12(14(17)18-4)15(3)13(16)11-6-5-7-19-9-11/h10-12H,5-9H2,1-4H3/t11?,12-/m0/s1. The van der Waals surface area contributed by atoms with Gasteiger partial charge in [0.2, 0.25) is 5.91 Å². The summed E-state index contributed by atoms with van der Waals surface area (Å²) in [5, 5.41) is 0. The fraction of sp³-hybridized carbons (Fsp3) is 0.857. The third kappa shape index (κ3) is 4.49. The maximum atomic E-state index is 12.4. The number of likely N-dealkylation sites (N-methyl/N-ethyl adjacent to an activating group) is 1.